The fourth-order valence-electron chi connectivity index (χ4n) is 1.85. The number of phenols is 1. The average Bonchev–Trinajstić information content (AvgIpc) is 3.11. The van der Waals surface area contributed by atoms with E-state index >= 15 is 0 Å². The lowest BCUT2D eigenvalue weighted by atomic mass is 10.2. The van der Waals surface area contributed by atoms with Crippen LogP contribution in [0.5, 0.6) is 11.5 Å². The Morgan fingerprint density at radius 3 is 2.68 bits per heavy atom. The van der Waals surface area contributed by atoms with Gasteiger partial charge in [0, 0.05) is 4.88 Å². The smallest absolute Gasteiger partial charge is 0.342 e. The monoisotopic (exact) mass is 364 g/mol. The maximum Gasteiger partial charge on any atom is 0.342 e. The largest absolute Gasteiger partial charge is 0.504 e. The van der Waals surface area contributed by atoms with Crippen LogP contribution in [-0.4, -0.2) is 36.7 Å². The first-order valence-electron chi connectivity index (χ1n) is 7.14. The van der Waals surface area contributed by atoms with Crippen molar-refractivity contribution in [2.75, 3.05) is 13.7 Å². The molecule has 1 aromatic heterocycles. The van der Waals surface area contributed by atoms with Gasteiger partial charge >= 0.3 is 12.0 Å². The maximum absolute atomic E-state index is 11.9. The molecule has 25 heavy (non-hydrogen) atoms. The van der Waals surface area contributed by atoms with Crippen molar-refractivity contribution in [3.63, 3.8) is 0 Å². The molecule has 0 spiro atoms. The number of carbonyl (C=O) groups is 3. The van der Waals surface area contributed by atoms with Crippen molar-refractivity contribution in [1.82, 2.24) is 10.6 Å². The molecule has 0 bridgehead atoms. The van der Waals surface area contributed by atoms with Crippen molar-refractivity contribution in [3.8, 4) is 11.5 Å². The molecule has 1 aromatic carbocycles. The van der Waals surface area contributed by atoms with Crippen molar-refractivity contribution in [1.29, 1.82) is 0 Å². The number of imide groups is 1. The van der Waals surface area contributed by atoms with E-state index in [1.165, 1.54) is 36.6 Å². The summed E-state index contributed by atoms with van der Waals surface area (Å²) < 4.78 is 9.66. The molecule has 3 amide bonds. The van der Waals surface area contributed by atoms with Crippen LogP contribution in [0.4, 0.5) is 4.79 Å². The Balaban J connectivity index is 1.79. The van der Waals surface area contributed by atoms with Crippen molar-refractivity contribution < 1.29 is 29.0 Å². The molecule has 0 saturated heterocycles. The topological polar surface area (TPSA) is 114 Å². The highest BCUT2D eigenvalue weighted by Crippen LogP contribution is 2.29. The lowest BCUT2D eigenvalue weighted by Crippen LogP contribution is -2.41. The highest BCUT2D eigenvalue weighted by molar-refractivity contribution is 7.09. The molecule has 0 atom stereocenters. The number of hydrogen-bond acceptors (Lipinski definition) is 7. The zero-order valence-electron chi connectivity index (χ0n) is 13.3. The van der Waals surface area contributed by atoms with Crippen LogP contribution in [0.15, 0.2) is 35.7 Å². The molecule has 1 heterocycles. The molecule has 0 saturated carbocycles. The summed E-state index contributed by atoms with van der Waals surface area (Å²) in [6, 6.07) is 7.28. The first-order valence-corrected chi connectivity index (χ1v) is 8.02. The van der Waals surface area contributed by atoms with Gasteiger partial charge in [-0.2, -0.15) is 0 Å². The van der Waals surface area contributed by atoms with Crippen LogP contribution in [0.25, 0.3) is 0 Å². The minimum Gasteiger partial charge on any atom is -0.504 e. The normalized spacial score (nSPS) is 9.96. The number of nitrogens with one attached hydrogen (secondary N) is 2. The van der Waals surface area contributed by atoms with Crippen molar-refractivity contribution in [3.05, 3.63) is 46.2 Å². The lowest BCUT2D eigenvalue weighted by molar-refractivity contribution is -0.123. The predicted molar refractivity (Wildman–Crippen MR) is 89.6 cm³/mol. The second-order valence-electron chi connectivity index (χ2n) is 4.74. The van der Waals surface area contributed by atoms with Gasteiger partial charge in [0.2, 0.25) is 0 Å². The van der Waals surface area contributed by atoms with Gasteiger partial charge in [0.15, 0.2) is 18.1 Å². The highest BCUT2D eigenvalue weighted by atomic mass is 32.1. The Morgan fingerprint density at radius 2 is 2.00 bits per heavy atom. The molecule has 132 valence electrons. The molecule has 0 unspecified atom stereocenters. The third kappa shape index (κ3) is 5.21. The Bertz CT molecular complexity index is 760. The van der Waals surface area contributed by atoms with E-state index in [-0.39, 0.29) is 23.6 Å². The van der Waals surface area contributed by atoms with E-state index in [9.17, 15) is 19.5 Å². The molecule has 0 aliphatic carbocycles. The molecule has 0 radical (unpaired) electrons. The Hall–Kier alpha value is -3.07. The first kappa shape index (κ1) is 18.3. The van der Waals surface area contributed by atoms with E-state index in [0.29, 0.717) is 0 Å². The Kier molecular flexibility index (Phi) is 6.35. The summed E-state index contributed by atoms with van der Waals surface area (Å²) in [4.78, 5) is 36.0. The van der Waals surface area contributed by atoms with Crippen LogP contribution in [0.1, 0.15) is 15.2 Å². The number of rotatable bonds is 6. The van der Waals surface area contributed by atoms with Crippen LogP contribution in [0.2, 0.25) is 0 Å². The number of ether oxygens (including phenoxy) is 2. The molecule has 2 rings (SSSR count). The fraction of sp³-hybridized carbons (Fsp3) is 0.188. The van der Waals surface area contributed by atoms with E-state index in [4.69, 9.17) is 9.47 Å². The third-order valence-corrected chi connectivity index (χ3v) is 3.91. The van der Waals surface area contributed by atoms with E-state index in [2.05, 4.69) is 5.32 Å². The SMILES string of the molecule is COc1cccc(C(=O)OCC(=O)NC(=O)NCc2cccs2)c1O. The number of urea groups is 1. The number of amides is 3. The Morgan fingerprint density at radius 1 is 1.20 bits per heavy atom. The molecular formula is C16H16N2O6S. The third-order valence-electron chi connectivity index (χ3n) is 3.03. The number of thiophene rings is 1. The number of carbonyl (C=O) groups excluding carboxylic acids is 3. The van der Waals surface area contributed by atoms with E-state index in [0.717, 1.165) is 4.88 Å². The lowest BCUT2D eigenvalue weighted by Gasteiger charge is -2.09. The molecule has 3 N–H and O–H groups in total. The van der Waals surface area contributed by atoms with Crippen LogP contribution in [0.3, 0.4) is 0 Å². The van der Waals surface area contributed by atoms with Crippen LogP contribution >= 0.6 is 11.3 Å². The molecule has 0 aliphatic rings. The van der Waals surface area contributed by atoms with Gasteiger partial charge in [-0.15, -0.1) is 11.3 Å². The van der Waals surface area contributed by atoms with E-state index in [1.807, 2.05) is 22.8 Å². The predicted octanol–water partition coefficient (Wildman–Crippen LogP) is 1.65. The van der Waals surface area contributed by atoms with E-state index in [1.54, 1.807) is 0 Å². The summed E-state index contributed by atoms with van der Waals surface area (Å²) in [7, 11) is 1.34. The molecular weight excluding hydrogens is 348 g/mol. The van der Waals surface area contributed by atoms with E-state index < -0.39 is 24.5 Å². The van der Waals surface area contributed by atoms with Crippen molar-refractivity contribution in [2.24, 2.45) is 0 Å². The van der Waals surface area contributed by atoms with Gasteiger partial charge in [0.1, 0.15) is 5.56 Å². The Labute approximate surface area is 147 Å². The summed E-state index contributed by atoms with van der Waals surface area (Å²) in [5.74, 6) is -1.99. The summed E-state index contributed by atoms with van der Waals surface area (Å²) in [6.45, 7) is -0.379. The number of phenolic OH excluding ortho intramolecular Hbond substituents is 1. The minimum absolute atomic E-state index is 0.104. The minimum atomic E-state index is -0.912. The van der Waals surface area contributed by atoms with Crippen LogP contribution in [-0.2, 0) is 16.1 Å². The number of hydrogen-bond donors (Lipinski definition) is 3. The second kappa shape index (κ2) is 8.69. The van der Waals surface area contributed by atoms with Crippen LogP contribution in [0, 0.1) is 0 Å². The second-order valence-corrected chi connectivity index (χ2v) is 5.78. The zero-order valence-corrected chi connectivity index (χ0v) is 14.1. The molecule has 9 heteroatoms. The van der Waals surface area contributed by atoms with Crippen molar-refractivity contribution in [2.45, 2.75) is 6.54 Å². The van der Waals surface area contributed by atoms with Gasteiger partial charge in [0.25, 0.3) is 5.91 Å². The van der Waals surface area contributed by atoms with Gasteiger partial charge < -0.3 is 19.9 Å². The highest BCUT2D eigenvalue weighted by Gasteiger charge is 2.18. The summed E-state index contributed by atoms with van der Waals surface area (Å²) >= 11 is 1.47. The average molecular weight is 364 g/mol. The summed E-state index contributed by atoms with van der Waals surface area (Å²) in [5.41, 5.74) is -0.144. The maximum atomic E-state index is 11.9. The van der Waals surface area contributed by atoms with Gasteiger partial charge in [-0.3, -0.25) is 10.1 Å². The van der Waals surface area contributed by atoms with Gasteiger partial charge in [-0.05, 0) is 23.6 Å². The van der Waals surface area contributed by atoms with Crippen LogP contribution < -0.4 is 15.4 Å². The summed E-state index contributed by atoms with van der Waals surface area (Å²) in [6.07, 6.45) is 0. The molecule has 0 aliphatic heterocycles. The van der Waals surface area contributed by atoms with Gasteiger partial charge in [0.05, 0.1) is 13.7 Å². The summed E-state index contributed by atoms with van der Waals surface area (Å²) in [5, 5.41) is 16.2. The number of benzene rings is 1. The zero-order chi connectivity index (χ0) is 18.2. The number of esters is 1. The number of methoxy groups -OCH3 is 1. The molecule has 2 aromatic rings. The number of para-hydroxylation sites is 1. The van der Waals surface area contributed by atoms with Gasteiger partial charge in [-0.25, -0.2) is 9.59 Å². The quantitative estimate of drug-likeness (QED) is 0.672. The fourth-order valence-corrected chi connectivity index (χ4v) is 2.49. The molecule has 0 fully saturated rings. The van der Waals surface area contributed by atoms with Crippen molar-refractivity contribution >= 4 is 29.2 Å². The standard InChI is InChI=1S/C16H16N2O6S/c1-23-12-6-2-5-11(14(12)20)15(21)24-9-13(19)18-16(22)17-8-10-4-3-7-25-10/h2-7,20H,8-9H2,1H3,(H2,17,18,19,22). The molecule has 8 nitrogen and oxygen atoms in total. The first-order chi connectivity index (χ1) is 12.0. The van der Waals surface area contributed by atoms with Gasteiger partial charge in [-0.1, -0.05) is 12.1 Å². The number of aromatic hydroxyl groups is 1.